The zero-order valence-corrected chi connectivity index (χ0v) is 30.1. The van der Waals surface area contributed by atoms with Crippen LogP contribution in [-0.2, 0) is 18.9 Å². The van der Waals surface area contributed by atoms with E-state index < -0.39 is 0 Å². The molecule has 16 nitrogen and oxygen atoms in total. The zero-order chi connectivity index (χ0) is 36.2. The van der Waals surface area contributed by atoms with Gasteiger partial charge in [-0.15, -0.1) is 0 Å². The molecule has 0 saturated carbocycles. The molecule has 50 heavy (non-hydrogen) atoms. The zero-order valence-electron chi connectivity index (χ0n) is 27.8. The number of anilines is 4. The Bertz CT molecular complexity index is 2130. The van der Waals surface area contributed by atoms with E-state index in [9.17, 15) is 9.59 Å². The third kappa shape index (κ3) is 8.99. The smallest absolute Gasteiger partial charge is 0.399 e. The van der Waals surface area contributed by atoms with Gasteiger partial charge in [0.25, 0.3) is 0 Å². The predicted molar refractivity (Wildman–Crippen MR) is 196 cm³/mol. The number of pyridine rings is 2. The van der Waals surface area contributed by atoms with E-state index in [0.717, 1.165) is 11.0 Å². The van der Waals surface area contributed by atoms with Crippen LogP contribution in [0.25, 0.3) is 32.1 Å². The Morgan fingerprint density at radius 3 is 1.74 bits per heavy atom. The highest BCUT2D eigenvalue weighted by Crippen LogP contribution is 2.36. The quantitative estimate of drug-likeness (QED) is 0.146. The number of nitrogen functional groups attached to an aromatic ring is 2. The van der Waals surface area contributed by atoms with Crippen molar-refractivity contribution >= 4 is 101 Å². The van der Waals surface area contributed by atoms with Crippen molar-refractivity contribution in [1.82, 2.24) is 39.9 Å². The van der Waals surface area contributed by atoms with Crippen molar-refractivity contribution in [1.29, 1.82) is 0 Å². The predicted octanol–water partition coefficient (Wildman–Crippen LogP) is 4.35. The number of carbonyl (C=O) groups excluding carboxylic acids is 2. The van der Waals surface area contributed by atoms with Crippen LogP contribution in [0.5, 0.6) is 0 Å². The molecule has 0 bridgehead atoms. The van der Waals surface area contributed by atoms with Gasteiger partial charge in [0.2, 0.25) is 17.1 Å². The molecule has 258 valence electrons. The van der Waals surface area contributed by atoms with Crippen molar-refractivity contribution in [3.8, 4) is 11.4 Å². The van der Waals surface area contributed by atoms with Crippen LogP contribution in [0.15, 0.2) is 49.1 Å². The summed E-state index contributed by atoms with van der Waals surface area (Å²) < 4.78 is 11.8. The van der Waals surface area contributed by atoms with Crippen LogP contribution in [0, 0.1) is 0 Å². The fraction of sp³-hybridized carbons (Fsp3) is 0.267. The minimum absolute atomic E-state index is 0.164. The minimum atomic E-state index is -0.363. The number of nitrogens with zero attached hydrogens (tertiary/aromatic N) is 8. The summed E-state index contributed by atoms with van der Waals surface area (Å²) in [4.78, 5) is 55.9. The van der Waals surface area contributed by atoms with Crippen LogP contribution in [-0.4, -0.2) is 70.0 Å². The number of thiazole rings is 2. The van der Waals surface area contributed by atoms with Gasteiger partial charge in [-0.25, -0.2) is 39.9 Å². The molecule has 0 aliphatic carbocycles. The molecule has 0 aromatic carbocycles. The van der Waals surface area contributed by atoms with E-state index in [2.05, 4.69) is 50.5 Å². The summed E-state index contributed by atoms with van der Waals surface area (Å²) in [5, 5.41) is 6.39. The minimum Gasteiger partial charge on any atom is -0.399 e. The maximum Gasteiger partial charge on any atom is 0.496 e. The Labute approximate surface area is 299 Å². The normalized spacial score (nSPS) is 14.3. The molecule has 6 N–H and O–H groups in total. The summed E-state index contributed by atoms with van der Waals surface area (Å²) in [6.45, 7) is 11.0. The van der Waals surface area contributed by atoms with Crippen LogP contribution in [0.2, 0.25) is 5.28 Å². The Balaban J connectivity index is 0.000000148. The molecule has 0 radical (unpaired) electrons. The molecule has 20 heteroatoms. The van der Waals surface area contributed by atoms with Crippen LogP contribution in [0.3, 0.4) is 0 Å². The average molecular weight is 735 g/mol. The summed E-state index contributed by atoms with van der Waals surface area (Å²) in [6.07, 6.45) is 6.45. The van der Waals surface area contributed by atoms with Gasteiger partial charge in [-0.05, 0) is 57.5 Å². The van der Waals surface area contributed by atoms with Crippen molar-refractivity contribution in [2.75, 3.05) is 22.1 Å². The number of hydrogen-bond acceptors (Lipinski definition) is 16. The second-order valence-electron chi connectivity index (χ2n) is 11.7. The van der Waals surface area contributed by atoms with Crippen molar-refractivity contribution in [2.45, 2.75) is 52.7 Å². The molecule has 7 heterocycles. The lowest BCUT2D eigenvalue weighted by Crippen LogP contribution is -2.41. The molecule has 1 aliphatic heterocycles. The number of carbonyl (C=O) groups is 2. The van der Waals surface area contributed by atoms with Gasteiger partial charge in [-0.2, -0.15) is 0 Å². The third-order valence-corrected chi connectivity index (χ3v) is 9.16. The second kappa shape index (κ2) is 14.9. The second-order valence-corrected chi connectivity index (χ2v) is 14.0. The maximum atomic E-state index is 11.0. The van der Waals surface area contributed by atoms with Gasteiger partial charge in [-0.3, -0.25) is 9.59 Å². The maximum absolute atomic E-state index is 11.0. The fourth-order valence-corrected chi connectivity index (χ4v) is 5.97. The molecule has 1 fully saturated rings. The van der Waals surface area contributed by atoms with Gasteiger partial charge in [0, 0.05) is 37.3 Å². The lowest BCUT2D eigenvalue weighted by Gasteiger charge is -2.32. The van der Waals surface area contributed by atoms with Gasteiger partial charge in [0.15, 0.2) is 16.1 Å². The number of fused-ring (bicyclic) bond motifs is 2. The molecule has 2 amide bonds. The molecular weight excluding hydrogens is 703 g/mol. The lowest BCUT2D eigenvalue weighted by molar-refractivity contribution is -0.115. The van der Waals surface area contributed by atoms with Gasteiger partial charge in [0.1, 0.15) is 32.3 Å². The molecule has 0 unspecified atom stereocenters. The number of amides is 2. The van der Waals surface area contributed by atoms with Crippen molar-refractivity contribution in [3.05, 3.63) is 54.3 Å². The molecule has 0 atom stereocenters. The first-order valence-electron chi connectivity index (χ1n) is 14.9. The van der Waals surface area contributed by atoms with Crippen LogP contribution < -0.4 is 27.6 Å². The van der Waals surface area contributed by atoms with Crippen LogP contribution in [0.1, 0.15) is 41.5 Å². The van der Waals surface area contributed by atoms with E-state index in [1.54, 1.807) is 36.8 Å². The Morgan fingerprint density at radius 1 is 0.720 bits per heavy atom. The molecule has 7 rings (SSSR count). The summed E-state index contributed by atoms with van der Waals surface area (Å²) in [5.41, 5.74) is 13.4. The lowest BCUT2D eigenvalue weighted by atomic mass is 9.80. The monoisotopic (exact) mass is 734 g/mol. The standard InChI is InChI=1S/C12H10N6OS.C11H17BN2O2.C7H5ClN4OS/c1-6(19)16-12-17-8-5-15-10(18-11(8)20-12)7-2-3-9(13)14-4-7;1-10(2)11(3,4)16-12(15-10)8-5-6-9(13)14-7-8;1-3(13)10-7-11-4-2-9-6(8)12-5(4)14-7/h2-5H,1H3,(H2,13,14)(H,16,17,19);5-7H,1-4H3,(H2,13,14);2H,1H3,(H,10,11,13). The fourth-order valence-electron chi connectivity index (χ4n) is 4.07. The molecular formula is C30H32BClN12O4S2. The number of rotatable bonds is 4. The first-order chi connectivity index (χ1) is 23.6. The van der Waals surface area contributed by atoms with E-state index >= 15 is 0 Å². The van der Waals surface area contributed by atoms with Crippen molar-refractivity contribution in [3.63, 3.8) is 0 Å². The number of hydrogen-bond donors (Lipinski definition) is 4. The Hall–Kier alpha value is -4.95. The van der Waals surface area contributed by atoms with Gasteiger partial charge < -0.3 is 31.4 Å². The van der Waals surface area contributed by atoms with E-state index in [1.807, 2.05) is 33.8 Å². The highest BCUT2D eigenvalue weighted by atomic mass is 35.5. The summed E-state index contributed by atoms with van der Waals surface area (Å²) in [6, 6.07) is 7.13. The third-order valence-electron chi connectivity index (χ3n) is 7.22. The van der Waals surface area contributed by atoms with Crippen LogP contribution >= 0.6 is 34.3 Å². The highest BCUT2D eigenvalue weighted by molar-refractivity contribution is 7.22. The topological polar surface area (TPSA) is 232 Å². The number of halogens is 1. The van der Waals surface area contributed by atoms with Crippen LogP contribution in [0.4, 0.5) is 21.9 Å². The molecule has 1 saturated heterocycles. The van der Waals surface area contributed by atoms with E-state index in [4.69, 9.17) is 32.4 Å². The molecule has 0 spiro atoms. The SMILES string of the molecule is CC(=O)Nc1nc2cnc(-c3ccc(N)nc3)nc2s1.CC(=O)Nc1nc2cnc(Cl)nc2s1.CC1(C)OB(c2ccc(N)nc2)OC1(C)C. The summed E-state index contributed by atoms with van der Waals surface area (Å²) in [7, 11) is -0.363. The average Bonchev–Trinajstić information content (AvgIpc) is 3.68. The number of aromatic nitrogens is 8. The molecule has 1 aliphatic rings. The highest BCUT2D eigenvalue weighted by Gasteiger charge is 2.51. The summed E-state index contributed by atoms with van der Waals surface area (Å²) >= 11 is 8.16. The van der Waals surface area contributed by atoms with Crippen molar-refractivity contribution in [2.24, 2.45) is 0 Å². The first kappa shape index (κ1) is 36.3. The van der Waals surface area contributed by atoms with E-state index in [-0.39, 0.29) is 35.4 Å². The first-order valence-corrected chi connectivity index (χ1v) is 16.9. The Morgan fingerprint density at radius 2 is 1.24 bits per heavy atom. The van der Waals surface area contributed by atoms with Crippen molar-refractivity contribution < 1.29 is 18.9 Å². The van der Waals surface area contributed by atoms with Gasteiger partial charge >= 0.3 is 7.12 Å². The van der Waals surface area contributed by atoms with E-state index in [1.165, 1.54) is 42.7 Å². The van der Waals surface area contributed by atoms with E-state index in [0.29, 0.717) is 48.4 Å². The van der Waals surface area contributed by atoms with Gasteiger partial charge in [-0.1, -0.05) is 28.7 Å². The van der Waals surface area contributed by atoms with Gasteiger partial charge in [0.05, 0.1) is 23.6 Å². The molecule has 6 aromatic heterocycles. The summed E-state index contributed by atoms with van der Waals surface area (Å²) in [5.74, 6) is 1.16. The Kier molecular flexibility index (Phi) is 10.8. The largest absolute Gasteiger partial charge is 0.496 e. The number of nitrogens with two attached hydrogens (primary N) is 2. The molecule has 6 aromatic rings. The number of nitrogens with one attached hydrogen (secondary N) is 2.